The van der Waals surface area contributed by atoms with Gasteiger partial charge in [0.2, 0.25) is 5.95 Å². The zero-order valence-corrected chi connectivity index (χ0v) is 14.8. The van der Waals surface area contributed by atoms with Gasteiger partial charge >= 0.3 is 0 Å². The fourth-order valence-electron chi connectivity index (χ4n) is 3.59. The maximum absolute atomic E-state index is 9.63. The van der Waals surface area contributed by atoms with Gasteiger partial charge in [0.25, 0.3) is 0 Å². The first-order valence-electron chi connectivity index (χ1n) is 9.27. The van der Waals surface area contributed by atoms with Crippen molar-refractivity contribution in [1.82, 2.24) is 9.97 Å². The summed E-state index contributed by atoms with van der Waals surface area (Å²) in [7, 11) is 0. The standard InChI is InChI=1S/C21H24N4O/c26-15-17-9-6-14-25(17)21-23-19-11-5-4-10-18(19)20(24-21)22-13-12-16-7-2-1-3-8-16/h1-5,7-8,10-11,17,26H,6,9,12-15H2,(H,22,23,24)/t17-/m0/s1. The van der Waals surface area contributed by atoms with Crippen molar-refractivity contribution < 1.29 is 5.11 Å². The molecule has 5 nitrogen and oxygen atoms in total. The third-order valence-electron chi connectivity index (χ3n) is 4.99. The van der Waals surface area contributed by atoms with E-state index in [9.17, 15) is 5.11 Å². The second-order valence-corrected chi connectivity index (χ2v) is 6.72. The minimum absolute atomic E-state index is 0.119. The third kappa shape index (κ3) is 3.48. The highest BCUT2D eigenvalue weighted by Gasteiger charge is 2.26. The van der Waals surface area contributed by atoms with E-state index in [-0.39, 0.29) is 12.6 Å². The van der Waals surface area contributed by atoms with Gasteiger partial charge in [-0.1, -0.05) is 42.5 Å². The lowest BCUT2D eigenvalue weighted by Crippen LogP contribution is -2.33. The summed E-state index contributed by atoms with van der Waals surface area (Å²) in [5.74, 6) is 1.58. The monoisotopic (exact) mass is 348 g/mol. The highest BCUT2D eigenvalue weighted by molar-refractivity contribution is 5.90. The summed E-state index contributed by atoms with van der Waals surface area (Å²) >= 11 is 0. The summed E-state index contributed by atoms with van der Waals surface area (Å²) in [6.45, 7) is 1.86. The van der Waals surface area contributed by atoms with Crippen LogP contribution in [-0.2, 0) is 6.42 Å². The zero-order chi connectivity index (χ0) is 17.8. The molecular weight excluding hydrogens is 324 g/mol. The Kier molecular flexibility index (Phi) is 4.97. The molecule has 0 spiro atoms. The molecule has 5 heteroatoms. The Hall–Kier alpha value is -2.66. The van der Waals surface area contributed by atoms with Crippen LogP contribution in [0.25, 0.3) is 10.9 Å². The largest absolute Gasteiger partial charge is 0.394 e. The van der Waals surface area contributed by atoms with Gasteiger partial charge < -0.3 is 15.3 Å². The van der Waals surface area contributed by atoms with Crippen LogP contribution in [0.1, 0.15) is 18.4 Å². The second kappa shape index (κ2) is 7.70. The van der Waals surface area contributed by atoms with Gasteiger partial charge in [-0.3, -0.25) is 0 Å². The molecule has 0 bridgehead atoms. The topological polar surface area (TPSA) is 61.3 Å². The molecule has 26 heavy (non-hydrogen) atoms. The average molecular weight is 348 g/mol. The molecule has 0 amide bonds. The van der Waals surface area contributed by atoms with Crippen LogP contribution in [0.3, 0.4) is 0 Å². The quantitative estimate of drug-likeness (QED) is 0.716. The Balaban J connectivity index is 1.60. The van der Waals surface area contributed by atoms with E-state index in [1.165, 1.54) is 5.56 Å². The minimum atomic E-state index is 0.119. The van der Waals surface area contributed by atoms with Gasteiger partial charge in [0.05, 0.1) is 18.2 Å². The van der Waals surface area contributed by atoms with E-state index in [1.807, 2.05) is 24.3 Å². The Bertz CT molecular complexity index is 868. The third-order valence-corrected chi connectivity index (χ3v) is 4.99. The van der Waals surface area contributed by atoms with Crippen LogP contribution in [0.5, 0.6) is 0 Å². The fraction of sp³-hybridized carbons (Fsp3) is 0.333. The first-order chi connectivity index (χ1) is 12.8. The lowest BCUT2D eigenvalue weighted by Gasteiger charge is -2.24. The number of rotatable bonds is 6. The summed E-state index contributed by atoms with van der Waals surface area (Å²) < 4.78 is 0. The van der Waals surface area contributed by atoms with E-state index in [2.05, 4.69) is 40.5 Å². The van der Waals surface area contributed by atoms with Gasteiger partial charge in [0, 0.05) is 18.5 Å². The molecule has 1 saturated heterocycles. The minimum Gasteiger partial charge on any atom is -0.394 e. The SMILES string of the molecule is OC[C@@H]1CCCN1c1nc(NCCc2ccccc2)c2ccccc2n1. The van der Waals surface area contributed by atoms with E-state index < -0.39 is 0 Å². The van der Waals surface area contributed by atoms with Crippen LogP contribution in [0, 0.1) is 0 Å². The Labute approximate surface area is 153 Å². The molecule has 0 aliphatic carbocycles. The first-order valence-corrected chi connectivity index (χ1v) is 9.27. The first kappa shape index (κ1) is 16.8. The van der Waals surface area contributed by atoms with Gasteiger partial charge in [-0.2, -0.15) is 4.98 Å². The van der Waals surface area contributed by atoms with Crippen molar-refractivity contribution in [3.8, 4) is 0 Å². The fourth-order valence-corrected chi connectivity index (χ4v) is 3.59. The lowest BCUT2D eigenvalue weighted by molar-refractivity contribution is 0.265. The molecular formula is C21H24N4O. The van der Waals surface area contributed by atoms with Crippen molar-refractivity contribution in [2.75, 3.05) is 29.9 Å². The predicted octanol–water partition coefficient (Wildman–Crippen LogP) is 3.25. The van der Waals surface area contributed by atoms with Crippen LogP contribution in [0.15, 0.2) is 54.6 Å². The van der Waals surface area contributed by atoms with Gasteiger partial charge in [-0.15, -0.1) is 0 Å². The van der Waals surface area contributed by atoms with Gasteiger partial charge in [-0.05, 0) is 37.0 Å². The second-order valence-electron chi connectivity index (χ2n) is 6.72. The highest BCUT2D eigenvalue weighted by atomic mass is 16.3. The van der Waals surface area contributed by atoms with Crippen molar-refractivity contribution in [2.24, 2.45) is 0 Å². The molecule has 1 aliphatic heterocycles. The predicted molar refractivity (Wildman–Crippen MR) is 106 cm³/mol. The number of aromatic nitrogens is 2. The number of aliphatic hydroxyl groups excluding tert-OH is 1. The number of anilines is 2. The van der Waals surface area contributed by atoms with Crippen molar-refractivity contribution in [1.29, 1.82) is 0 Å². The highest BCUT2D eigenvalue weighted by Crippen LogP contribution is 2.27. The number of hydrogen-bond donors (Lipinski definition) is 2. The number of hydrogen-bond acceptors (Lipinski definition) is 5. The van der Waals surface area contributed by atoms with E-state index in [1.54, 1.807) is 0 Å². The molecule has 3 aromatic rings. The maximum atomic E-state index is 9.63. The average Bonchev–Trinajstić information content (AvgIpc) is 3.17. The van der Waals surface area contributed by atoms with Gasteiger partial charge in [0.1, 0.15) is 5.82 Å². The smallest absolute Gasteiger partial charge is 0.228 e. The number of fused-ring (bicyclic) bond motifs is 1. The molecule has 2 N–H and O–H groups in total. The Morgan fingerprint density at radius 1 is 1.04 bits per heavy atom. The van der Waals surface area contributed by atoms with Crippen LogP contribution in [0.4, 0.5) is 11.8 Å². The molecule has 2 aromatic carbocycles. The molecule has 134 valence electrons. The summed E-state index contributed by atoms with van der Waals surface area (Å²) in [6.07, 6.45) is 3.00. The van der Waals surface area contributed by atoms with E-state index in [0.29, 0.717) is 5.95 Å². The van der Waals surface area contributed by atoms with Crippen LogP contribution >= 0.6 is 0 Å². The maximum Gasteiger partial charge on any atom is 0.228 e. The van der Waals surface area contributed by atoms with Crippen LogP contribution in [0.2, 0.25) is 0 Å². The molecule has 0 unspecified atom stereocenters. The van der Waals surface area contributed by atoms with Crippen LogP contribution in [-0.4, -0.2) is 40.8 Å². The molecule has 0 radical (unpaired) electrons. The summed E-state index contributed by atoms with van der Waals surface area (Å²) in [6, 6.07) is 18.7. The molecule has 1 aromatic heterocycles. The molecule has 2 heterocycles. The molecule has 1 aliphatic rings. The Morgan fingerprint density at radius 2 is 1.85 bits per heavy atom. The summed E-state index contributed by atoms with van der Waals surface area (Å²) in [4.78, 5) is 11.7. The van der Waals surface area contributed by atoms with Crippen LogP contribution < -0.4 is 10.2 Å². The van der Waals surface area contributed by atoms with E-state index in [0.717, 1.165) is 49.1 Å². The van der Waals surface area contributed by atoms with E-state index in [4.69, 9.17) is 9.97 Å². The zero-order valence-electron chi connectivity index (χ0n) is 14.8. The van der Waals surface area contributed by atoms with Crippen molar-refractivity contribution in [3.05, 3.63) is 60.2 Å². The molecule has 0 saturated carbocycles. The summed E-state index contributed by atoms with van der Waals surface area (Å²) in [5.41, 5.74) is 2.24. The van der Waals surface area contributed by atoms with Crippen molar-refractivity contribution in [3.63, 3.8) is 0 Å². The van der Waals surface area contributed by atoms with Gasteiger partial charge in [0.15, 0.2) is 0 Å². The van der Waals surface area contributed by atoms with Gasteiger partial charge in [-0.25, -0.2) is 4.98 Å². The number of benzene rings is 2. The lowest BCUT2D eigenvalue weighted by atomic mass is 10.1. The number of aliphatic hydroxyl groups is 1. The summed E-state index contributed by atoms with van der Waals surface area (Å²) in [5, 5.41) is 14.2. The Morgan fingerprint density at radius 3 is 2.69 bits per heavy atom. The number of nitrogens with one attached hydrogen (secondary N) is 1. The number of para-hydroxylation sites is 1. The van der Waals surface area contributed by atoms with Crippen molar-refractivity contribution in [2.45, 2.75) is 25.3 Å². The molecule has 1 atom stereocenters. The normalized spacial score (nSPS) is 17.0. The van der Waals surface area contributed by atoms with Crippen molar-refractivity contribution >= 4 is 22.7 Å². The molecule has 1 fully saturated rings. The molecule has 4 rings (SSSR count). The van der Waals surface area contributed by atoms with E-state index >= 15 is 0 Å². The number of nitrogens with zero attached hydrogens (tertiary/aromatic N) is 3.